The van der Waals surface area contributed by atoms with Crippen LogP contribution in [0.3, 0.4) is 0 Å². The van der Waals surface area contributed by atoms with Gasteiger partial charge in [-0.2, -0.15) is 0 Å². The van der Waals surface area contributed by atoms with Crippen molar-refractivity contribution in [3.8, 4) is 5.82 Å². The average molecular weight is 308 g/mol. The van der Waals surface area contributed by atoms with Gasteiger partial charge in [0.1, 0.15) is 4.47 Å². The molecule has 1 N–H and O–H groups in total. The van der Waals surface area contributed by atoms with Crippen molar-refractivity contribution < 1.29 is 0 Å². The molecular weight excluding hydrogens is 294 g/mol. The number of H-pyrrole nitrogens is 1. The van der Waals surface area contributed by atoms with E-state index in [-0.39, 0.29) is 5.56 Å². The van der Waals surface area contributed by atoms with Crippen LogP contribution < -0.4 is 5.56 Å². The molecule has 1 saturated carbocycles. The molecule has 1 fully saturated rings. The summed E-state index contributed by atoms with van der Waals surface area (Å²) in [5, 5.41) is 3.20. The van der Waals surface area contributed by atoms with Crippen molar-refractivity contribution in [2.45, 2.75) is 31.6 Å². The van der Waals surface area contributed by atoms with Gasteiger partial charge in [-0.15, -0.1) is 0 Å². The molecule has 3 rings (SSSR count). The summed E-state index contributed by atoms with van der Waals surface area (Å²) in [5.74, 6) is 1.10. The smallest absolute Gasteiger partial charge is 0.287 e. The van der Waals surface area contributed by atoms with Crippen LogP contribution in [0.4, 0.5) is 0 Å². The minimum Gasteiger partial charge on any atom is -0.292 e. The van der Waals surface area contributed by atoms with Crippen LogP contribution in [0.25, 0.3) is 5.82 Å². The molecule has 4 nitrogen and oxygen atoms in total. The van der Waals surface area contributed by atoms with E-state index in [9.17, 15) is 4.79 Å². The van der Waals surface area contributed by atoms with Crippen molar-refractivity contribution in [2.75, 3.05) is 0 Å². The van der Waals surface area contributed by atoms with Gasteiger partial charge in [0.25, 0.3) is 5.56 Å². The maximum Gasteiger partial charge on any atom is 0.287 e. The lowest BCUT2D eigenvalue weighted by Gasteiger charge is -2.06. The third-order valence-corrected chi connectivity index (χ3v) is 4.27. The van der Waals surface area contributed by atoms with Crippen molar-refractivity contribution in [1.82, 2.24) is 14.8 Å². The summed E-state index contributed by atoms with van der Waals surface area (Å²) >= 11 is 3.42. The third kappa shape index (κ3) is 1.92. The van der Waals surface area contributed by atoms with E-state index in [0.717, 1.165) is 18.5 Å². The molecule has 0 radical (unpaired) electrons. The number of rotatable bonds is 2. The first-order chi connectivity index (χ1) is 8.77. The standard InChI is InChI=1S/C13H14BrN3O/c14-11-12(9-5-1-2-6-9)16-17(13(11)18)10-7-3-4-8-15-10/h3-4,7-9,16H,1-2,5-6H2. The van der Waals surface area contributed by atoms with E-state index in [1.165, 1.54) is 17.5 Å². The molecule has 1 aliphatic rings. The minimum absolute atomic E-state index is 0.0596. The van der Waals surface area contributed by atoms with Crippen LogP contribution in [0.2, 0.25) is 0 Å². The van der Waals surface area contributed by atoms with Gasteiger partial charge < -0.3 is 0 Å². The highest BCUT2D eigenvalue weighted by Gasteiger charge is 2.24. The molecule has 0 saturated heterocycles. The Balaban J connectivity index is 2.07. The Morgan fingerprint density at radius 3 is 2.78 bits per heavy atom. The molecule has 0 spiro atoms. The zero-order chi connectivity index (χ0) is 12.5. The minimum atomic E-state index is -0.0596. The van der Waals surface area contributed by atoms with Gasteiger partial charge in [0.15, 0.2) is 5.82 Å². The summed E-state index contributed by atoms with van der Waals surface area (Å²) in [5.41, 5.74) is 0.957. The monoisotopic (exact) mass is 307 g/mol. The van der Waals surface area contributed by atoms with Crippen LogP contribution in [0.1, 0.15) is 37.3 Å². The molecular formula is C13H14BrN3O. The maximum absolute atomic E-state index is 12.2. The average Bonchev–Trinajstić information content (AvgIpc) is 3.01. The summed E-state index contributed by atoms with van der Waals surface area (Å²) in [6.45, 7) is 0. The molecule has 94 valence electrons. The van der Waals surface area contributed by atoms with Gasteiger partial charge in [-0.25, -0.2) is 9.67 Å². The van der Waals surface area contributed by atoms with Crippen LogP contribution in [-0.2, 0) is 0 Å². The van der Waals surface area contributed by atoms with Crippen molar-refractivity contribution >= 4 is 15.9 Å². The summed E-state index contributed by atoms with van der Waals surface area (Å²) in [4.78, 5) is 16.4. The first kappa shape index (κ1) is 11.7. The molecule has 2 aromatic rings. The molecule has 0 aliphatic heterocycles. The van der Waals surface area contributed by atoms with Crippen LogP contribution >= 0.6 is 15.9 Å². The van der Waals surface area contributed by atoms with E-state index in [0.29, 0.717) is 16.2 Å². The normalized spacial score (nSPS) is 16.3. The number of hydrogen-bond acceptors (Lipinski definition) is 2. The molecule has 0 unspecified atom stereocenters. The van der Waals surface area contributed by atoms with E-state index in [2.05, 4.69) is 26.0 Å². The summed E-state index contributed by atoms with van der Waals surface area (Å²) in [6.07, 6.45) is 6.48. The van der Waals surface area contributed by atoms with E-state index in [1.807, 2.05) is 18.2 Å². The highest BCUT2D eigenvalue weighted by atomic mass is 79.9. The fourth-order valence-electron chi connectivity index (χ4n) is 2.57. The first-order valence-corrected chi connectivity index (χ1v) is 6.98. The predicted octanol–water partition coefficient (Wildman–Crippen LogP) is 2.98. The Kier molecular flexibility index (Phi) is 3.07. The van der Waals surface area contributed by atoms with Crippen LogP contribution in [-0.4, -0.2) is 14.8 Å². The molecule has 2 heterocycles. The molecule has 0 bridgehead atoms. The number of pyridine rings is 1. The Labute approximate surface area is 113 Å². The molecule has 0 aromatic carbocycles. The largest absolute Gasteiger partial charge is 0.292 e. The number of halogens is 1. The fourth-order valence-corrected chi connectivity index (χ4v) is 3.16. The van der Waals surface area contributed by atoms with Crippen molar-refractivity contribution in [2.24, 2.45) is 0 Å². The number of hydrogen-bond donors (Lipinski definition) is 1. The van der Waals surface area contributed by atoms with Crippen LogP contribution in [0.15, 0.2) is 33.7 Å². The second kappa shape index (κ2) is 4.72. The number of aromatic nitrogens is 3. The Hall–Kier alpha value is -1.36. The predicted molar refractivity (Wildman–Crippen MR) is 73.1 cm³/mol. The number of aromatic amines is 1. The molecule has 1 aliphatic carbocycles. The van der Waals surface area contributed by atoms with Gasteiger partial charge >= 0.3 is 0 Å². The van der Waals surface area contributed by atoms with Gasteiger partial charge in [-0.1, -0.05) is 18.9 Å². The van der Waals surface area contributed by atoms with E-state index in [1.54, 1.807) is 6.20 Å². The second-order valence-electron chi connectivity index (χ2n) is 4.65. The molecule has 2 aromatic heterocycles. The van der Waals surface area contributed by atoms with Crippen molar-refractivity contribution in [1.29, 1.82) is 0 Å². The number of nitrogens with one attached hydrogen (secondary N) is 1. The second-order valence-corrected chi connectivity index (χ2v) is 5.44. The SMILES string of the molecule is O=c1c(Br)c(C2CCCC2)[nH]n1-c1ccccn1. The van der Waals surface area contributed by atoms with Gasteiger partial charge in [0, 0.05) is 12.1 Å². The zero-order valence-electron chi connectivity index (χ0n) is 9.90. The highest BCUT2D eigenvalue weighted by molar-refractivity contribution is 9.10. The Bertz CT molecular complexity index is 596. The van der Waals surface area contributed by atoms with Gasteiger partial charge in [0.2, 0.25) is 0 Å². The topological polar surface area (TPSA) is 50.7 Å². The summed E-state index contributed by atoms with van der Waals surface area (Å²) in [7, 11) is 0. The maximum atomic E-state index is 12.2. The molecule has 5 heteroatoms. The van der Waals surface area contributed by atoms with E-state index >= 15 is 0 Å². The highest BCUT2D eigenvalue weighted by Crippen LogP contribution is 2.35. The number of nitrogens with zero attached hydrogens (tertiary/aromatic N) is 2. The molecule has 0 atom stereocenters. The summed E-state index contributed by atoms with van der Waals surface area (Å²) in [6, 6.07) is 5.53. The fraction of sp³-hybridized carbons (Fsp3) is 0.385. The van der Waals surface area contributed by atoms with Gasteiger partial charge in [-0.3, -0.25) is 9.89 Å². The molecule has 18 heavy (non-hydrogen) atoms. The lowest BCUT2D eigenvalue weighted by Crippen LogP contribution is -2.15. The zero-order valence-corrected chi connectivity index (χ0v) is 11.5. The van der Waals surface area contributed by atoms with Crippen molar-refractivity contribution in [3.05, 3.63) is 44.9 Å². The molecule has 0 amide bonds. The third-order valence-electron chi connectivity index (χ3n) is 3.50. The first-order valence-electron chi connectivity index (χ1n) is 6.19. The summed E-state index contributed by atoms with van der Waals surface area (Å²) < 4.78 is 2.16. The van der Waals surface area contributed by atoms with Crippen LogP contribution in [0, 0.1) is 0 Å². The lowest BCUT2D eigenvalue weighted by molar-refractivity contribution is 0.672. The van der Waals surface area contributed by atoms with E-state index < -0.39 is 0 Å². The lowest BCUT2D eigenvalue weighted by atomic mass is 10.1. The quantitative estimate of drug-likeness (QED) is 0.927. The van der Waals surface area contributed by atoms with Gasteiger partial charge in [-0.05, 0) is 40.9 Å². The van der Waals surface area contributed by atoms with Crippen molar-refractivity contribution in [3.63, 3.8) is 0 Å². The Morgan fingerprint density at radius 1 is 1.33 bits per heavy atom. The van der Waals surface area contributed by atoms with Crippen LogP contribution in [0.5, 0.6) is 0 Å². The van der Waals surface area contributed by atoms with E-state index in [4.69, 9.17) is 0 Å². The Morgan fingerprint density at radius 2 is 2.11 bits per heavy atom. The van der Waals surface area contributed by atoms with Gasteiger partial charge in [0.05, 0.1) is 5.69 Å².